The Bertz CT molecular complexity index is 632. The molecule has 116 valence electrons. The van der Waals surface area contributed by atoms with Crippen LogP contribution in [-0.2, 0) is 10.0 Å². The molecule has 1 N–H and O–H groups in total. The monoisotopic (exact) mass is 313 g/mol. The molecular formula is C15H20FNO3S. The number of hydrogen-bond acceptors (Lipinski definition) is 3. The fourth-order valence-corrected chi connectivity index (χ4v) is 3.04. The molecule has 1 rings (SSSR count). The summed E-state index contributed by atoms with van der Waals surface area (Å²) in [7, 11) is -2.19. The third-order valence-corrected chi connectivity index (χ3v) is 4.83. The van der Waals surface area contributed by atoms with Crippen molar-refractivity contribution in [2.24, 2.45) is 0 Å². The van der Waals surface area contributed by atoms with Gasteiger partial charge in [0.2, 0.25) is 10.0 Å². The number of aliphatic hydroxyl groups excluding tert-OH is 1. The summed E-state index contributed by atoms with van der Waals surface area (Å²) in [6, 6.07) is 3.44. The Balaban J connectivity index is 3.20. The van der Waals surface area contributed by atoms with Crippen molar-refractivity contribution in [1.82, 2.24) is 4.31 Å². The van der Waals surface area contributed by atoms with Crippen LogP contribution in [0, 0.1) is 17.7 Å². The predicted molar refractivity (Wildman–Crippen MR) is 79.7 cm³/mol. The van der Waals surface area contributed by atoms with Gasteiger partial charge in [-0.25, -0.2) is 17.1 Å². The first kappa shape index (κ1) is 17.6. The van der Waals surface area contributed by atoms with Gasteiger partial charge in [0, 0.05) is 25.6 Å². The van der Waals surface area contributed by atoms with Crippen molar-refractivity contribution in [2.45, 2.75) is 31.1 Å². The van der Waals surface area contributed by atoms with Crippen LogP contribution in [0.5, 0.6) is 0 Å². The Labute approximate surface area is 125 Å². The molecule has 1 aromatic carbocycles. The van der Waals surface area contributed by atoms with Gasteiger partial charge in [-0.05, 0) is 24.6 Å². The van der Waals surface area contributed by atoms with Gasteiger partial charge < -0.3 is 5.11 Å². The molecule has 0 amide bonds. The third kappa shape index (κ3) is 4.81. The summed E-state index contributed by atoms with van der Waals surface area (Å²) >= 11 is 0. The topological polar surface area (TPSA) is 57.6 Å². The first-order chi connectivity index (χ1) is 9.93. The second-order valence-corrected chi connectivity index (χ2v) is 6.61. The quantitative estimate of drug-likeness (QED) is 0.817. The fraction of sp³-hybridized carbons (Fsp3) is 0.467. The number of benzene rings is 1. The largest absolute Gasteiger partial charge is 0.395 e. The summed E-state index contributed by atoms with van der Waals surface area (Å²) in [5.41, 5.74) is 0.117. The van der Waals surface area contributed by atoms with Crippen LogP contribution in [0.2, 0.25) is 0 Å². The maximum atomic E-state index is 13.3. The van der Waals surface area contributed by atoms with E-state index < -0.39 is 15.8 Å². The molecule has 0 spiro atoms. The van der Waals surface area contributed by atoms with Gasteiger partial charge in [0.25, 0.3) is 0 Å². The minimum atomic E-state index is -3.69. The second kappa shape index (κ2) is 8.13. The molecule has 6 heteroatoms. The lowest BCUT2D eigenvalue weighted by Crippen LogP contribution is -2.28. The molecule has 4 nitrogen and oxygen atoms in total. The van der Waals surface area contributed by atoms with Gasteiger partial charge in [-0.15, -0.1) is 0 Å². The van der Waals surface area contributed by atoms with Crippen molar-refractivity contribution in [3.05, 3.63) is 29.6 Å². The van der Waals surface area contributed by atoms with Gasteiger partial charge in [-0.3, -0.25) is 0 Å². The summed E-state index contributed by atoms with van der Waals surface area (Å²) in [5.74, 6) is 4.70. The number of hydrogen-bond donors (Lipinski definition) is 1. The normalized spacial score (nSPS) is 11.3. The van der Waals surface area contributed by atoms with Gasteiger partial charge in [-0.1, -0.05) is 25.2 Å². The van der Waals surface area contributed by atoms with Crippen LogP contribution in [0.25, 0.3) is 0 Å². The highest BCUT2D eigenvalue weighted by atomic mass is 32.2. The zero-order valence-electron chi connectivity index (χ0n) is 12.3. The van der Waals surface area contributed by atoms with Crippen molar-refractivity contribution in [3.8, 4) is 11.8 Å². The lowest BCUT2D eigenvalue weighted by Gasteiger charge is -2.17. The van der Waals surface area contributed by atoms with Crippen LogP contribution >= 0.6 is 0 Å². The number of halogens is 1. The molecule has 0 radical (unpaired) electrons. The highest BCUT2D eigenvalue weighted by Gasteiger charge is 2.23. The average Bonchev–Trinajstić information content (AvgIpc) is 2.44. The number of nitrogens with zero attached hydrogens (tertiary/aromatic N) is 1. The third-order valence-electron chi connectivity index (χ3n) is 2.92. The summed E-state index contributed by atoms with van der Waals surface area (Å²) in [5, 5.41) is 8.71. The van der Waals surface area contributed by atoms with Crippen molar-refractivity contribution in [1.29, 1.82) is 0 Å². The molecule has 0 heterocycles. The maximum absolute atomic E-state index is 13.3. The zero-order valence-corrected chi connectivity index (χ0v) is 13.1. The van der Waals surface area contributed by atoms with E-state index in [1.807, 2.05) is 6.92 Å². The van der Waals surface area contributed by atoms with E-state index in [0.29, 0.717) is 6.54 Å². The molecule has 0 saturated heterocycles. The molecule has 0 aromatic heterocycles. The molecule has 0 aliphatic heterocycles. The van der Waals surface area contributed by atoms with Crippen LogP contribution in [0.15, 0.2) is 23.1 Å². The molecule has 1 aromatic rings. The van der Waals surface area contributed by atoms with Crippen LogP contribution < -0.4 is 0 Å². The fourth-order valence-electron chi connectivity index (χ4n) is 1.71. The minimum absolute atomic E-state index is 0.00653. The summed E-state index contributed by atoms with van der Waals surface area (Å²) < 4.78 is 39.6. The van der Waals surface area contributed by atoms with Gasteiger partial charge in [0.1, 0.15) is 5.82 Å². The van der Waals surface area contributed by atoms with E-state index in [4.69, 9.17) is 5.11 Å². The van der Waals surface area contributed by atoms with E-state index in [0.717, 1.165) is 25.0 Å². The van der Waals surface area contributed by atoms with Crippen LogP contribution in [0.4, 0.5) is 4.39 Å². The Hall–Kier alpha value is -1.42. The Morgan fingerprint density at radius 2 is 2.10 bits per heavy atom. The number of rotatable bonds is 6. The Kier molecular flexibility index (Phi) is 6.82. The van der Waals surface area contributed by atoms with Crippen molar-refractivity contribution < 1.29 is 17.9 Å². The predicted octanol–water partition coefficient (Wildman–Crippen LogP) is 1.98. The number of unbranched alkanes of at least 4 members (excludes halogenated alkanes) is 1. The Morgan fingerprint density at radius 1 is 1.38 bits per heavy atom. The summed E-state index contributed by atoms with van der Waals surface area (Å²) in [6.07, 6.45) is 1.84. The van der Waals surface area contributed by atoms with E-state index in [2.05, 4.69) is 11.8 Å². The smallest absolute Gasteiger partial charge is 0.244 e. The highest BCUT2D eigenvalue weighted by Crippen LogP contribution is 2.20. The lowest BCUT2D eigenvalue weighted by molar-refractivity contribution is 0.305. The van der Waals surface area contributed by atoms with Crippen molar-refractivity contribution in [3.63, 3.8) is 0 Å². The summed E-state index contributed by atoms with van der Waals surface area (Å²) in [4.78, 5) is -0.00653. The van der Waals surface area contributed by atoms with Gasteiger partial charge >= 0.3 is 0 Å². The van der Waals surface area contributed by atoms with E-state index >= 15 is 0 Å². The molecule has 0 aliphatic rings. The minimum Gasteiger partial charge on any atom is -0.395 e. The summed E-state index contributed by atoms with van der Waals surface area (Å²) in [6.45, 7) is 2.25. The molecule has 21 heavy (non-hydrogen) atoms. The average molecular weight is 313 g/mol. The SMILES string of the molecule is CCCCN(C)S(=O)(=O)c1ccc(F)cc1C#CCCO. The van der Waals surface area contributed by atoms with E-state index in [1.54, 1.807) is 0 Å². The Morgan fingerprint density at radius 3 is 2.71 bits per heavy atom. The van der Waals surface area contributed by atoms with Crippen LogP contribution in [0.3, 0.4) is 0 Å². The number of aliphatic hydroxyl groups is 1. The molecule has 0 bridgehead atoms. The molecule has 0 aliphatic carbocycles. The van der Waals surface area contributed by atoms with E-state index in [1.165, 1.54) is 17.4 Å². The van der Waals surface area contributed by atoms with Gasteiger partial charge in [0.05, 0.1) is 11.5 Å². The van der Waals surface area contributed by atoms with Crippen molar-refractivity contribution >= 4 is 10.0 Å². The molecule has 0 saturated carbocycles. The second-order valence-electron chi connectivity index (χ2n) is 4.60. The van der Waals surface area contributed by atoms with Gasteiger partial charge in [0.15, 0.2) is 0 Å². The van der Waals surface area contributed by atoms with E-state index in [-0.39, 0.29) is 23.5 Å². The molecule has 0 atom stereocenters. The standard InChI is InChI=1S/C15H20FNO3S/c1-3-4-10-17(2)21(19,20)15-9-8-14(16)12-13(15)7-5-6-11-18/h8-9,12,18H,3-4,6,10-11H2,1-2H3. The van der Waals surface area contributed by atoms with Gasteiger partial charge in [-0.2, -0.15) is 0 Å². The molecule has 0 fully saturated rings. The first-order valence-corrected chi connectivity index (χ1v) is 8.23. The van der Waals surface area contributed by atoms with Crippen molar-refractivity contribution in [2.75, 3.05) is 20.2 Å². The van der Waals surface area contributed by atoms with Crippen LogP contribution in [0.1, 0.15) is 31.7 Å². The van der Waals surface area contributed by atoms with Crippen LogP contribution in [-0.4, -0.2) is 38.0 Å². The first-order valence-electron chi connectivity index (χ1n) is 6.79. The highest BCUT2D eigenvalue weighted by molar-refractivity contribution is 7.89. The van der Waals surface area contributed by atoms with E-state index in [9.17, 15) is 12.8 Å². The zero-order chi connectivity index (χ0) is 15.9. The lowest BCUT2D eigenvalue weighted by atomic mass is 10.2. The maximum Gasteiger partial charge on any atom is 0.244 e. The molecule has 0 unspecified atom stereocenters. The number of sulfonamides is 1. The molecular weight excluding hydrogens is 293 g/mol.